The summed E-state index contributed by atoms with van der Waals surface area (Å²) in [6, 6.07) is 1.58. The number of rotatable bonds is 3. The summed E-state index contributed by atoms with van der Waals surface area (Å²) in [5.41, 5.74) is 6.16. The second-order valence-corrected chi connectivity index (χ2v) is 5.34. The molecule has 0 amide bonds. The molecule has 0 fully saturated rings. The minimum atomic E-state index is -0.382. The Kier molecular flexibility index (Phi) is 4.35. The van der Waals surface area contributed by atoms with E-state index in [1.165, 1.54) is 18.4 Å². The molecule has 0 atom stereocenters. The Morgan fingerprint density at radius 2 is 2.42 bits per heavy atom. The van der Waals surface area contributed by atoms with Crippen LogP contribution in [0.1, 0.15) is 0 Å². The molecule has 0 aliphatic rings. The minimum absolute atomic E-state index is 0.324. The first-order chi connectivity index (χ1) is 9.21. The number of nitriles is 1. The average molecular weight is 311 g/mol. The van der Waals surface area contributed by atoms with E-state index >= 15 is 0 Å². The summed E-state index contributed by atoms with van der Waals surface area (Å²) in [4.78, 5) is 4.70. The van der Waals surface area contributed by atoms with E-state index < -0.39 is 0 Å². The zero-order valence-corrected chi connectivity index (χ0v) is 12.1. The van der Waals surface area contributed by atoms with Crippen LogP contribution in [0.3, 0.4) is 0 Å². The van der Waals surface area contributed by atoms with Crippen molar-refractivity contribution in [3.05, 3.63) is 6.07 Å². The molecule has 0 aliphatic carbocycles. The topological polar surface area (TPSA) is 98.2 Å². The normalized spacial score (nSPS) is 9.68. The maximum atomic E-state index is 10.4. The zero-order chi connectivity index (χ0) is 13.8. The molecule has 1 heterocycles. The first-order valence-corrected chi connectivity index (χ1v) is 7.23. The van der Waals surface area contributed by atoms with Gasteiger partial charge in [-0.15, -0.1) is 0 Å². The van der Waals surface area contributed by atoms with Crippen molar-refractivity contribution in [3.8, 4) is 22.7 Å². The fourth-order valence-electron chi connectivity index (χ4n) is 1.49. The van der Waals surface area contributed by atoms with Crippen LogP contribution in [-0.4, -0.2) is 12.1 Å². The summed E-state index contributed by atoms with van der Waals surface area (Å²) in [5, 5.41) is 11.1. The second kappa shape index (κ2) is 6.00. The Labute approximate surface area is 117 Å². The van der Waals surface area contributed by atoms with Crippen LogP contribution < -0.4 is 15.2 Å². The first-order valence-electron chi connectivity index (χ1n) is 4.78. The van der Waals surface area contributed by atoms with E-state index in [0.29, 0.717) is 31.7 Å². The summed E-state index contributed by atoms with van der Waals surface area (Å²) < 4.78 is 21.4. The first kappa shape index (κ1) is 13.8. The SMILES string of the molecule is COc1c(SC#N)cc(OC#P=O)c2nc(N)sc12. The average Bonchev–Trinajstić information content (AvgIpc) is 2.78. The van der Waals surface area contributed by atoms with Crippen molar-refractivity contribution in [1.29, 1.82) is 5.26 Å². The van der Waals surface area contributed by atoms with Crippen molar-refractivity contribution < 1.29 is 14.0 Å². The van der Waals surface area contributed by atoms with Gasteiger partial charge in [0.05, 0.1) is 0 Å². The summed E-state index contributed by atoms with van der Waals surface area (Å²) in [6.45, 7) is 0. The molecule has 0 saturated heterocycles. The van der Waals surface area contributed by atoms with Gasteiger partial charge in [-0.2, -0.15) is 0 Å². The van der Waals surface area contributed by atoms with Crippen molar-refractivity contribution in [2.45, 2.75) is 4.90 Å². The molecule has 2 aromatic rings. The van der Waals surface area contributed by atoms with Crippen LogP contribution in [0.2, 0.25) is 0 Å². The number of thioether (sulfide) groups is 1. The Morgan fingerprint density at radius 3 is 3.05 bits per heavy atom. The molecule has 1 aromatic carbocycles. The summed E-state index contributed by atoms with van der Waals surface area (Å²) in [6.07, 6.45) is 0. The third kappa shape index (κ3) is 2.70. The number of anilines is 1. The van der Waals surface area contributed by atoms with Crippen LogP contribution in [0.4, 0.5) is 5.13 Å². The number of thiocyanates is 1. The summed E-state index contributed by atoms with van der Waals surface area (Å²) in [5.74, 6) is 3.02. The number of ether oxygens (including phenoxy) is 2. The fraction of sp³-hybridized carbons (Fsp3) is 0.100. The van der Waals surface area contributed by atoms with Crippen molar-refractivity contribution in [2.75, 3.05) is 12.8 Å². The standard InChI is InChI=1S/C10H6N3O3PS2/c1-15-8-6(18-3-11)2-5(16-4-17-14)7-9(8)19-10(12)13-7/h2H,1H3,(H2,12,13). The molecule has 2 rings (SSSR count). The number of thiazole rings is 1. The van der Waals surface area contributed by atoms with Crippen molar-refractivity contribution in [3.63, 3.8) is 0 Å². The molecule has 0 saturated carbocycles. The molecule has 0 aliphatic heterocycles. The van der Waals surface area contributed by atoms with Gasteiger partial charge in [0.1, 0.15) is 0 Å². The van der Waals surface area contributed by atoms with Gasteiger partial charge in [-0.1, -0.05) is 0 Å². The number of aromatic nitrogens is 1. The maximum absolute atomic E-state index is 10.4. The van der Waals surface area contributed by atoms with Crippen molar-refractivity contribution in [2.24, 2.45) is 0 Å². The van der Waals surface area contributed by atoms with Crippen LogP contribution in [0, 0.1) is 16.5 Å². The van der Waals surface area contributed by atoms with E-state index in [0.717, 1.165) is 11.8 Å². The molecule has 9 heteroatoms. The predicted molar refractivity (Wildman–Crippen MR) is 74.2 cm³/mol. The van der Waals surface area contributed by atoms with Gasteiger partial charge in [-0.05, 0) is 0 Å². The number of hydrogen-bond acceptors (Lipinski definition) is 8. The van der Waals surface area contributed by atoms with E-state index in [2.05, 4.69) is 10.8 Å². The zero-order valence-electron chi connectivity index (χ0n) is 9.54. The Balaban J connectivity index is 2.76. The number of benzene rings is 1. The van der Waals surface area contributed by atoms with Gasteiger partial charge in [0.15, 0.2) is 0 Å². The molecular weight excluding hydrogens is 305 g/mol. The van der Waals surface area contributed by atoms with Gasteiger partial charge in [0, 0.05) is 0 Å². The molecule has 0 bridgehead atoms. The Hall–Kier alpha value is -1.64. The summed E-state index contributed by atoms with van der Waals surface area (Å²) in [7, 11) is 1.12. The van der Waals surface area contributed by atoms with Crippen molar-refractivity contribution >= 4 is 46.4 Å². The van der Waals surface area contributed by atoms with E-state index in [-0.39, 0.29) is 7.92 Å². The van der Waals surface area contributed by atoms with Crippen LogP contribution in [0.25, 0.3) is 10.2 Å². The number of nitrogens with two attached hydrogens (primary N) is 1. The second-order valence-electron chi connectivity index (χ2n) is 3.11. The fourth-order valence-corrected chi connectivity index (χ4v) is 3.10. The molecule has 1 aromatic heterocycles. The summed E-state index contributed by atoms with van der Waals surface area (Å²) >= 11 is 2.15. The number of nitrogen functional groups attached to an aromatic ring is 1. The number of nitrogens with zero attached hydrogens (tertiary/aromatic N) is 2. The van der Waals surface area contributed by atoms with Gasteiger partial charge in [0.25, 0.3) is 0 Å². The number of methoxy groups -OCH3 is 1. The molecule has 0 radical (unpaired) electrons. The predicted octanol–water partition coefficient (Wildman–Crippen LogP) is 3.05. The van der Waals surface area contributed by atoms with E-state index in [4.69, 9.17) is 20.5 Å². The Bertz CT molecular complexity index is 778. The number of hydrogen-bond donors (Lipinski definition) is 1. The van der Waals surface area contributed by atoms with Crippen LogP contribution in [0.5, 0.6) is 11.5 Å². The Morgan fingerprint density at radius 1 is 1.63 bits per heavy atom. The molecule has 0 unspecified atom stereocenters. The van der Waals surface area contributed by atoms with Crippen LogP contribution in [0.15, 0.2) is 11.0 Å². The van der Waals surface area contributed by atoms with Gasteiger partial charge >= 0.3 is 117 Å². The van der Waals surface area contributed by atoms with Gasteiger partial charge in [-0.3, -0.25) is 0 Å². The molecule has 19 heavy (non-hydrogen) atoms. The van der Waals surface area contributed by atoms with Gasteiger partial charge in [-0.25, -0.2) is 0 Å². The molecule has 0 spiro atoms. The van der Waals surface area contributed by atoms with E-state index in [9.17, 15) is 4.57 Å². The third-order valence-corrected chi connectivity index (χ3v) is 3.79. The molecular formula is C10H6N3O3PS2. The van der Waals surface area contributed by atoms with Crippen LogP contribution in [-0.2, 0) is 4.57 Å². The third-order valence-electron chi connectivity index (χ3n) is 2.12. The van der Waals surface area contributed by atoms with Gasteiger partial charge < -0.3 is 0 Å². The van der Waals surface area contributed by atoms with E-state index in [1.807, 2.05) is 5.40 Å². The monoisotopic (exact) mass is 311 g/mol. The quantitative estimate of drug-likeness (QED) is 0.528. The van der Waals surface area contributed by atoms with E-state index in [1.54, 1.807) is 6.07 Å². The molecule has 96 valence electrons. The van der Waals surface area contributed by atoms with Gasteiger partial charge in [0.2, 0.25) is 0 Å². The molecule has 6 nitrogen and oxygen atoms in total. The number of fused-ring (bicyclic) bond motifs is 1. The van der Waals surface area contributed by atoms with Crippen molar-refractivity contribution in [1.82, 2.24) is 4.98 Å². The van der Waals surface area contributed by atoms with Crippen LogP contribution >= 0.6 is 31.0 Å². The molecule has 2 N–H and O–H groups in total.